The number of hydrazine groups is 1. The molecule has 1 aromatic rings. The molecule has 0 radical (unpaired) electrons. The summed E-state index contributed by atoms with van der Waals surface area (Å²) in [6.07, 6.45) is 0. The van der Waals surface area contributed by atoms with Gasteiger partial charge in [-0.15, -0.1) is 0 Å². The molecule has 0 spiro atoms. The molecule has 3 heteroatoms. The Balaban J connectivity index is 2.32. The van der Waals surface area contributed by atoms with Crippen LogP contribution in [-0.4, -0.2) is 5.91 Å². The summed E-state index contributed by atoms with van der Waals surface area (Å²) < 4.78 is 0. The first-order chi connectivity index (χ1) is 6.70. The van der Waals surface area contributed by atoms with Gasteiger partial charge in [-0.1, -0.05) is 31.2 Å². The maximum absolute atomic E-state index is 11.3. The van der Waals surface area contributed by atoms with Crippen molar-refractivity contribution in [3.05, 3.63) is 35.4 Å². The number of amides is 1. The lowest BCUT2D eigenvalue weighted by molar-refractivity contribution is -0.122. The van der Waals surface area contributed by atoms with Gasteiger partial charge in [0.25, 0.3) is 0 Å². The Kier molecular flexibility index (Phi) is 2.25. The van der Waals surface area contributed by atoms with Crippen molar-refractivity contribution in [2.45, 2.75) is 19.9 Å². The maximum Gasteiger partial charge on any atom is 0.238 e. The third-order valence-corrected chi connectivity index (χ3v) is 2.79. The predicted molar refractivity (Wildman–Crippen MR) is 54.4 cm³/mol. The Morgan fingerprint density at radius 3 is 2.57 bits per heavy atom. The van der Waals surface area contributed by atoms with E-state index in [1.54, 1.807) is 0 Å². The Hall–Kier alpha value is -1.35. The van der Waals surface area contributed by atoms with Crippen LogP contribution in [0.3, 0.4) is 0 Å². The second-order valence-corrected chi connectivity index (χ2v) is 3.76. The molecular formula is C11H14N2O. The van der Waals surface area contributed by atoms with Gasteiger partial charge in [0.05, 0.1) is 12.0 Å². The van der Waals surface area contributed by atoms with Crippen LogP contribution in [0.4, 0.5) is 0 Å². The molecule has 0 bridgehead atoms. The molecule has 1 saturated heterocycles. The molecule has 2 N–H and O–H groups in total. The summed E-state index contributed by atoms with van der Waals surface area (Å²) in [5, 5.41) is 0. The van der Waals surface area contributed by atoms with Crippen molar-refractivity contribution in [1.82, 2.24) is 10.9 Å². The molecule has 74 valence electrons. The number of hydrogen-bond donors (Lipinski definition) is 2. The number of hydrogen-bond acceptors (Lipinski definition) is 2. The lowest BCUT2D eigenvalue weighted by Gasteiger charge is -2.15. The van der Waals surface area contributed by atoms with Crippen LogP contribution < -0.4 is 10.9 Å². The Labute approximate surface area is 83.5 Å². The van der Waals surface area contributed by atoms with Crippen molar-refractivity contribution in [2.75, 3.05) is 0 Å². The molecule has 2 atom stereocenters. The lowest BCUT2D eigenvalue weighted by atomic mass is 9.93. The van der Waals surface area contributed by atoms with E-state index in [4.69, 9.17) is 0 Å². The SMILES string of the molecule is Cc1ccccc1C1NNC(=O)C1C. The third-order valence-electron chi connectivity index (χ3n) is 2.79. The number of carbonyl (C=O) groups is 1. The quantitative estimate of drug-likeness (QED) is 0.701. The van der Waals surface area contributed by atoms with E-state index in [1.165, 1.54) is 11.1 Å². The van der Waals surface area contributed by atoms with Gasteiger partial charge in [0, 0.05) is 0 Å². The van der Waals surface area contributed by atoms with Crippen LogP contribution in [0.15, 0.2) is 24.3 Å². The van der Waals surface area contributed by atoms with Crippen molar-refractivity contribution >= 4 is 5.91 Å². The van der Waals surface area contributed by atoms with E-state index in [9.17, 15) is 4.79 Å². The average Bonchev–Trinajstić information content (AvgIpc) is 2.49. The smallest absolute Gasteiger partial charge is 0.238 e. The summed E-state index contributed by atoms with van der Waals surface area (Å²) in [4.78, 5) is 11.3. The summed E-state index contributed by atoms with van der Waals surface area (Å²) in [5.41, 5.74) is 8.08. The fourth-order valence-corrected chi connectivity index (χ4v) is 1.82. The normalized spacial score (nSPS) is 26.3. The van der Waals surface area contributed by atoms with Crippen molar-refractivity contribution in [2.24, 2.45) is 5.92 Å². The molecule has 2 rings (SSSR count). The van der Waals surface area contributed by atoms with E-state index >= 15 is 0 Å². The molecule has 1 aromatic carbocycles. The molecular weight excluding hydrogens is 176 g/mol. The van der Waals surface area contributed by atoms with Gasteiger partial charge in [0.2, 0.25) is 5.91 Å². The lowest BCUT2D eigenvalue weighted by Crippen LogP contribution is -2.27. The van der Waals surface area contributed by atoms with Gasteiger partial charge in [0.15, 0.2) is 0 Å². The standard InChI is InChI=1S/C11H14N2O/c1-7-5-3-4-6-9(7)10-8(2)11(14)13-12-10/h3-6,8,10,12H,1-2H3,(H,13,14). The van der Waals surface area contributed by atoms with E-state index in [0.29, 0.717) is 0 Å². The summed E-state index contributed by atoms with van der Waals surface area (Å²) in [7, 11) is 0. The number of nitrogens with one attached hydrogen (secondary N) is 2. The Morgan fingerprint density at radius 2 is 2.00 bits per heavy atom. The molecule has 3 nitrogen and oxygen atoms in total. The maximum atomic E-state index is 11.3. The van der Waals surface area contributed by atoms with Crippen LogP contribution in [-0.2, 0) is 4.79 Å². The zero-order chi connectivity index (χ0) is 10.1. The van der Waals surface area contributed by atoms with Crippen LogP contribution in [0.2, 0.25) is 0 Å². The van der Waals surface area contributed by atoms with Crippen molar-refractivity contribution in [3.63, 3.8) is 0 Å². The third kappa shape index (κ3) is 1.40. The fraction of sp³-hybridized carbons (Fsp3) is 0.364. The van der Waals surface area contributed by atoms with E-state index < -0.39 is 0 Å². The van der Waals surface area contributed by atoms with E-state index in [1.807, 2.05) is 19.1 Å². The summed E-state index contributed by atoms with van der Waals surface area (Å²) in [5.74, 6) is 0.0642. The molecule has 14 heavy (non-hydrogen) atoms. The van der Waals surface area contributed by atoms with Crippen molar-refractivity contribution in [1.29, 1.82) is 0 Å². The summed E-state index contributed by atoms with van der Waals surface area (Å²) in [6, 6.07) is 8.23. The highest BCUT2D eigenvalue weighted by atomic mass is 16.2. The van der Waals surface area contributed by atoms with Gasteiger partial charge in [-0.05, 0) is 18.1 Å². The largest absolute Gasteiger partial charge is 0.291 e. The fourth-order valence-electron chi connectivity index (χ4n) is 1.82. The monoisotopic (exact) mass is 190 g/mol. The first-order valence-corrected chi connectivity index (χ1v) is 4.81. The van der Waals surface area contributed by atoms with Gasteiger partial charge >= 0.3 is 0 Å². The van der Waals surface area contributed by atoms with Gasteiger partial charge in [-0.2, -0.15) is 0 Å². The minimum Gasteiger partial charge on any atom is -0.291 e. The number of rotatable bonds is 1. The van der Waals surface area contributed by atoms with Crippen LogP contribution in [0.25, 0.3) is 0 Å². The highest BCUT2D eigenvalue weighted by molar-refractivity contribution is 5.81. The minimum absolute atomic E-state index is 0.00361. The van der Waals surface area contributed by atoms with Crippen LogP contribution in [0, 0.1) is 12.8 Å². The average molecular weight is 190 g/mol. The molecule has 0 aliphatic carbocycles. The van der Waals surface area contributed by atoms with Gasteiger partial charge in [0.1, 0.15) is 0 Å². The highest BCUT2D eigenvalue weighted by Gasteiger charge is 2.32. The molecule has 2 unspecified atom stereocenters. The topological polar surface area (TPSA) is 41.1 Å². The molecule has 0 saturated carbocycles. The minimum atomic E-state index is -0.00361. The zero-order valence-electron chi connectivity index (χ0n) is 8.37. The van der Waals surface area contributed by atoms with Gasteiger partial charge in [-0.3, -0.25) is 10.2 Å². The molecule has 1 amide bonds. The molecule has 1 heterocycles. The van der Waals surface area contributed by atoms with Gasteiger partial charge < -0.3 is 0 Å². The van der Waals surface area contributed by atoms with Crippen LogP contribution in [0.1, 0.15) is 24.1 Å². The van der Waals surface area contributed by atoms with E-state index in [-0.39, 0.29) is 17.9 Å². The second-order valence-electron chi connectivity index (χ2n) is 3.76. The molecule has 1 aliphatic rings. The van der Waals surface area contributed by atoms with E-state index in [2.05, 4.69) is 29.9 Å². The Morgan fingerprint density at radius 1 is 1.29 bits per heavy atom. The first kappa shape index (κ1) is 9.21. The number of benzene rings is 1. The van der Waals surface area contributed by atoms with Crippen molar-refractivity contribution in [3.8, 4) is 0 Å². The number of aryl methyl sites for hydroxylation is 1. The Bertz CT molecular complexity index is 362. The van der Waals surface area contributed by atoms with Crippen LogP contribution in [0.5, 0.6) is 0 Å². The summed E-state index contributed by atoms with van der Waals surface area (Å²) >= 11 is 0. The number of carbonyl (C=O) groups excluding carboxylic acids is 1. The molecule has 0 aromatic heterocycles. The van der Waals surface area contributed by atoms with E-state index in [0.717, 1.165) is 0 Å². The highest BCUT2D eigenvalue weighted by Crippen LogP contribution is 2.27. The molecule has 1 aliphatic heterocycles. The van der Waals surface area contributed by atoms with Crippen LogP contribution >= 0.6 is 0 Å². The zero-order valence-corrected chi connectivity index (χ0v) is 8.37. The van der Waals surface area contributed by atoms with Gasteiger partial charge in [-0.25, -0.2) is 5.43 Å². The summed E-state index contributed by atoms with van der Waals surface area (Å²) in [6.45, 7) is 4.00. The molecule has 1 fully saturated rings. The first-order valence-electron chi connectivity index (χ1n) is 4.81. The van der Waals surface area contributed by atoms with Crippen molar-refractivity contribution < 1.29 is 4.79 Å². The predicted octanol–water partition coefficient (Wildman–Crippen LogP) is 1.31. The second kappa shape index (κ2) is 3.42.